The molecule has 0 amide bonds. The van der Waals surface area contributed by atoms with Gasteiger partial charge in [0.2, 0.25) is 0 Å². The van der Waals surface area contributed by atoms with E-state index in [1.54, 1.807) is 19.2 Å². The number of methoxy groups -OCH3 is 1. The first-order valence-corrected chi connectivity index (χ1v) is 9.67. The van der Waals surface area contributed by atoms with Crippen LogP contribution in [0.15, 0.2) is 54.7 Å². The molecular weight excluding hydrogens is 341 g/mol. The van der Waals surface area contributed by atoms with Crippen LogP contribution in [0.2, 0.25) is 0 Å². The van der Waals surface area contributed by atoms with Crippen molar-refractivity contribution in [2.45, 2.75) is 37.7 Å². The van der Waals surface area contributed by atoms with Crippen LogP contribution in [0.3, 0.4) is 0 Å². The molecule has 0 saturated carbocycles. The number of aryl methyl sites for hydroxylation is 1. The maximum atomic E-state index is 13.0. The van der Waals surface area contributed by atoms with E-state index in [1.807, 2.05) is 6.07 Å². The third kappa shape index (κ3) is 3.80. The van der Waals surface area contributed by atoms with Crippen molar-refractivity contribution in [3.8, 4) is 11.5 Å². The summed E-state index contributed by atoms with van der Waals surface area (Å²) in [5, 5.41) is 0. The largest absolute Gasteiger partial charge is 0.497 e. The first-order chi connectivity index (χ1) is 13.1. The summed E-state index contributed by atoms with van der Waals surface area (Å²) in [5.74, 6) is 1.80. The number of rotatable bonds is 5. The predicted molar refractivity (Wildman–Crippen MR) is 105 cm³/mol. The SMILES string of the molecule is C=C(C1CCc2ccc(OC)cc21)N1CCC(Oc2ccc(F)cc2)CC1. The predicted octanol–water partition coefficient (Wildman–Crippen LogP) is 4.92. The Balaban J connectivity index is 1.36. The van der Waals surface area contributed by atoms with E-state index in [0.29, 0.717) is 5.92 Å². The molecule has 1 aliphatic carbocycles. The molecular formula is C23H26FNO2. The summed E-state index contributed by atoms with van der Waals surface area (Å²) >= 11 is 0. The fourth-order valence-corrected chi connectivity index (χ4v) is 4.24. The molecule has 0 bridgehead atoms. The third-order valence-electron chi connectivity index (χ3n) is 5.80. The molecule has 1 unspecified atom stereocenters. The monoisotopic (exact) mass is 367 g/mol. The van der Waals surface area contributed by atoms with Crippen molar-refractivity contribution in [1.29, 1.82) is 0 Å². The number of ether oxygens (including phenoxy) is 2. The van der Waals surface area contributed by atoms with E-state index in [-0.39, 0.29) is 11.9 Å². The van der Waals surface area contributed by atoms with Crippen molar-refractivity contribution in [3.05, 3.63) is 71.7 Å². The Morgan fingerprint density at radius 3 is 2.44 bits per heavy atom. The second kappa shape index (κ2) is 7.63. The minimum atomic E-state index is -0.234. The van der Waals surface area contributed by atoms with Crippen molar-refractivity contribution in [1.82, 2.24) is 4.90 Å². The summed E-state index contributed by atoms with van der Waals surface area (Å²) in [6.45, 7) is 6.33. The van der Waals surface area contributed by atoms with Crippen molar-refractivity contribution < 1.29 is 13.9 Å². The highest BCUT2D eigenvalue weighted by Crippen LogP contribution is 2.41. The number of likely N-dealkylation sites (tertiary alicyclic amines) is 1. The molecule has 2 aromatic carbocycles. The summed E-state index contributed by atoms with van der Waals surface area (Å²) in [4.78, 5) is 2.41. The van der Waals surface area contributed by atoms with Crippen molar-refractivity contribution in [2.75, 3.05) is 20.2 Å². The van der Waals surface area contributed by atoms with E-state index >= 15 is 0 Å². The first kappa shape index (κ1) is 17.9. The fraction of sp³-hybridized carbons (Fsp3) is 0.391. The summed E-state index contributed by atoms with van der Waals surface area (Å²) in [5.41, 5.74) is 3.99. The Labute approximate surface area is 160 Å². The summed E-state index contributed by atoms with van der Waals surface area (Å²) in [6.07, 6.45) is 4.30. The standard InChI is InChI=1S/C23H26FNO2/c1-16(22-10-4-17-3-7-21(26-2)15-23(17)22)25-13-11-20(12-14-25)27-19-8-5-18(24)6-9-19/h3,5-9,15,20,22H,1,4,10-14H2,2H3. The Morgan fingerprint density at radius 2 is 1.74 bits per heavy atom. The van der Waals surface area contributed by atoms with Gasteiger partial charge >= 0.3 is 0 Å². The van der Waals surface area contributed by atoms with E-state index in [9.17, 15) is 4.39 Å². The highest BCUT2D eigenvalue weighted by atomic mass is 19.1. The first-order valence-electron chi connectivity index (χ1n) is 9.67. The van der Waals surface area contributed by atoms with Crippen LogP contribution in [0.25, 0.3) is 0 Å². The number of hydrogen-bond acceptors (Lipinski definition) is 3. The average molecular weight is 367 g/mol. The minimum absolute atomic E-state index is 0.176. The molecule has 1 fully saturated rings. The highest BCUT2D eigenvalue weighted by Gasteiger charge is 2.30. The van der Waals surface area contributed by atoms with Gasteiger partial charge in [0.1, 0.15) is 23.4 Å². The maximum Gasteiger partial charge on any atom is 0.123 e. The molecule has 0 spiro atoms. The van der Waals surface area contributed by atoms with E-state index in [0.717, 1.165) is 50.3 Å². The number of allylic oxidation sites excluding steroid dienone is 1. The van der Waals surface area contributed by atoms with Gasteiger partial charge in [-0.25, -0.2) is 4.39 Å². The van der Waals surface area contributed by atoms with Gasteiger partial charge in [0, 0.05) is 37.5 Å². The Morgan fingerprint density at radius 1 is 1.04 bits per heavy atom. The van der Waals surface area contributed by atoms with Gasteiger partial charge < -0.3 is 14.4 Å². The molecule has 1 aliphatic heterocycles. The molecule has 0 radical (unpaired) electrons. The van der Waals surface area contributed by atoms with Crippen LogP contribution >= 0.6 is 0 Å². The van der Waals surface area contributed by atoms with Gasteiger partial charge in [-0.2, -0.15) is 0 Å². The van der Waals surface area contributed by atoms with Crippen LogP contribution in [0, 0.1) is 5.82 Å². The number of hydrogen-bond donors (Lipinski definition) is 0. The molecule has 1 heterocycles. The molecule has 4 rings (SSSR count). The molecule has 0 N–H and O–H groups in total. The molecule has 0 aromatic heterocycles. The van der Waals surface area contributed by atoms with E-state index in [1.165, 1.54) is 29.0 Å². The molecule has 1 saturated heterocycles. The number of fused-ring (bicyclic) bond motifs is 1. The van der Waals surface area contributed by atoms with Crippen LogP contribution in [0.4, 0.5) is 4.39 Å². The fourth-order valence-electron chi connectivity index (χ4n) is 4.24. The molecule has 4 heteroatoms. The van der Waals surface area contributed by atoms with Gasteiger partial charge in [-0.1, -0.05) is 12.6 Å². The maximum absolute atomic E-state index is 13.0. The number of benzene rings is 2. The van der Waals surface area contributed by atoms with Gasteiger partial charge in [0.15, 0.2) is 0 Å². The lowest BCUT2D eigenvalue weighted by molar-refractivity contribution is 0.114. The number of piperidine rings is 1. The second-order valence-electron chi connectivity index (χ2n) is 7.41. The third-order valence-corrected chi connectivity index (χ3v) is 5.80. The molecule has 3 nitrogen and oxygen atoms in total. The number of halogens is 1. The second-order valence-corrected chi connectivity index (χ2v) is 7.41. The quantitative estimate of drug-likeness (QED) is 0.749. The van der Waals surface area contributed by atoms with Crippen LogP contribution in [0.5, 0.6) is 11.5 Å². The molecule has 142 valence electrons. The zero-order valence-corrected chi connectivity index (χ0v) is 15.8. The van der Waals surface area contributed by atoms with Gasteiger partial charge in [0.05, 0.1) is 7.11 Å². The normalized spacial score (nSPS) is 19.6. The Kier molecular flexibility index (Phi) is 5.06. The van der Waals surface area contributed by atoms with Crippen molar-refractivity contribution in [3.63, 3.8) is 0 Å². The lowest BCUT2D eigenvalue weighted by Gasteiger charge is -2.37. The summed E-state index contributed by atoms with van der Waals surface area (Å²) in [6, 6.07) is 12.7. The van der Waals surface area contributed by atoms with E-state index < -0.39 is 0 Å². The van der Waals surface area contributed by atoms with E-state index in [2.05, 4.69) is 23.6 Å². The number of nitrogens with zero attached hydrogens (tertiary/aromatic N) is 1. The molecule has 2 aliphatic rings. The van der Waals surface area contributed by atoms with Gasteiger partial charge in [-0.3, -0.25) is 0 Å². The van der Waals surface area contributed by atoms with Gasteiger partial charge in [-0.15, -0.1) is 0 Å². The van der Waals surface area contributed by atoms with Crippen LogP contribution in [0.1, 0.15) is 36.3 Å². The highest BCUT2D eigenvalue weighted by molar-refractivity contribution is 5.44. The zero-order chi connectivity index (χ0) is 18.8. The molecule has 27 heavy (non-hydrogen) atoms. The van der Waals surface area contributed by atoms with Crippen LogP contribution in [-0.4, -0.2) is 31.2 Å². The van der Waals surface area contributed by atoms with Crippen LogP contribution in [-0.2, 0) is 6.42 Å². The van der Waals surface area contributed by atoms with Crippen molar-refractivity contribution >= 4 is 0 Å². The molecule has 1 atom stereocenters. The summed E-state index contributed by atoms with van der Waals surface area (Å²) < 4.78 is 24.4. The lowest BCUT2D eigenvalue weighted by Crippen LogP contribution is -2.38. The van der Waals surface area contributed by atoms with Gasteiger partial charge in [-0.05, 0) is 60.4 Å². The Hall–Kier alpha value is -2.49. The average Bonchev–Trinajstić information content (AvgIpc) is 3.13. The van der Waals surface area contributed by atoms with Crippen molar-refractivity contribution in [2.24, 2.45) is 0 Å². The lowest BCUT2D eigenvalue weighted by atomic mass is 9.95. The topological polar surface area (TPSA) is 21.7 Å². The van der Waals surface area contributed by atoms with Gasteiger partial charge in [0.25, 0.3) is 0 Å². The molecule has 2 aromatic rings. The Bertz CT molecular complexity index is 810. The smallest absolute Gasteiger partial charge is 0.123 e. The summed E-state index contributed by atoms with van der Waals surface area (Å²) in [7, 11) is 1.71. The minimum Gasteiger partial charge on any atom is -0.497 e. The van der Waals surface area contributed by atoms with E-state index in [4.69, 9.17) is 9.47 Å². The van der Waals surface area contributed by atoms with Crippen LogP contribution < -0.4 is 9.47 Å². The zero-order valence-electron chi connectivity index (χ0n) is 15.8.